The summed E-state index contributed by atoms with van der Waals surface area (Å²) in [5.41, 5.74) is 2.67. The molecule has 11 heteroatoms. The van der Waals surface area contributed by atoms with Crippen molar-refractivity contribution in [1.29, 1.82) is 0 Å². The highest BCUT2D eigenvalue weighted by molar-refractivity contribution is 8.00. The topological polar surface area (TPSA) is 104 Å². The molecule has 0 aliphatic rings. The molecule has 1 amide bonds. The van der Waals surface area contributed by atoms with E-state index in [1.54, 1.807) is 30.0 Å². The van der Waals surface area contributed by atoms with Crippen LogP contribution < -0.4 is 14.8 Å². The Morgan fingerprint density at radius 2 is 1.94 bits per heavy atom. The normalized spacial score (nSPS) is 10.8. The predicted octanol–water partition coefficient (Wildman–Crippen LogP) is 3.67. The molecule has 0 unspecified atom stereocenters. The molecular formula is C21H19ClN6O3S. The van der Waals surface area contributed by atoms with Crippen LogP contribution in [0.4, 0.5) is 5.69 Å². The highest BCUT2D eigenvalue weighted by atomic mass is 35.5. The monoisotopic (exact) mass is 470 g/mol. The quantitative estimate of drug-likeness (QED) is 0.307. The number of methoxy groups -OCH3 is 2. The van der Waals surface area contributed by atoms with Crippen LogP contribution in [0.2, 0.25) is 5.02 Å². The number of anilines is 1. The summed E-state index contributed by atoms with van der Waals surface area (Å²) in [5, 5.41) is 12.5. The van der Waals surface area contributed by atoms with E-state index in [-0.39, 0.29) is 11.7 Å². The second kappa shape index (κ2) is 9.84. The van der Waals surface area contributed by atoms with Crippen molar-refractivity contribution in [2.24, 2.45) is 0 Å². The van der Waals surface area contributed by atoms with Gasteiger partial charge in [-0.1, -0.05) is 40.7 Å². The molecule has 0 aliphatic heterocycles. The van der Waals surface area contributed by atoms with Gasteiger partial charge >= 0.3 is 0 Å². The van der Waals surface area contributed by atoms with Gasteiger partial charge in [0.15, 0.2) is 11.2 Å². The third-order valence-electron chi connectivity index (χ3n) is 4.53. The van der Waals surface area contributed by atoms with Crippen molar-refractivity contribution in [3.05, 3.63) is 59.4 Å². The average molecular weight is 471 g/mol. The van der Waals surface area contributed by atoms with E-state index in [1.807, 2.05) is 24.3 Å². The van der Waals surface area contributed by atoms with E-state index in [0.29, 0.717) is 44.9 Å². The summed E-state index contributed by atoms with van der Waals surface area (Å²) in [4.78, 5) is 21.1. The first kappa shape index (κ1) is 21.8. The maximum atomic E-state index is 12.5. The predicted molar refractivity (Wildman–Crippen MR) is 123 cm³/mol. The standard InChI is InChI=1S/C21H19ClN6O3S/c1-30-15-7-8-17(31-2)16(9-15)25-18(29)11-32-21-19-20(23-12-24-21)28(27-26-19)10-13-3-5-14(22)6-4-13/h3-9,12H,10-11H2,1-2H3,(H,25,29). The Bertz CT molecular complexity index is 1250. The van der Waals surface area contributed by atoms with Gasteiger partial charge in [-0.15, -0.1) is 5.10 Å². The lowest BCUT2D eigenvalue weighted by atomic mass is 10.2. The van der Waals surface area contributed by atoms with Crippen molar-refractivity contribution in [1.82, 2.24) is 25.0 Å². The minimum atomic E-state index is -0.220. The van der Waals surface area contributed by atoms with Gasteiger partial charge in [-0.3, -0.25) is 4.79 Å². The molecule has 0 fully saturated rings. The molecule has 4 aromatic rings. The number of amides is 1. The average Bonchev–Trinajstić information content (AvgIpc) is 3.22. The molecule has 32 heavy (non-hydrogen) atoms. The first-order chi connectivity index (χ1) is 15.6. The van der Waals surface area contributed by atoms with Crippen LogP contribution in [0.15, 0.2) is 53.8 Å². The summed E-state index contributed by atoms with van der Waals surface area (Å²) in [7, 11) is 3.10. The van der Waals surface area contributed by atoms with E-state index < -0.39 is 0 Å². The molecule has 2 heterocycles. The van der Waals surface area contributed by atoms with Crippen molar-refractivity contribution in [2.45, 2.75) is 11.6 Å². The van der Waals surface area contributed by atoms with Gasteiger partial charge in [0.25, 0.3) is 0 Å². The Labute approximate surface area is 193 Å². The van der Waals surface area contributed by atoms with Gasteiger partial charge in [-0.2, -0.15) is 0 Å². The summed E-state index contributed by atoms with van der Waals surface area (Å²) in [6.07, 6.45) is 1.44. The zero-order chi connectivity index (χ0) is 22.5. The minimum Gasteiger partial charge on any atom is -0.497 e. The largest absolute Gasteiger partial charge is 0.497 e. The third kappa shape index (κ3) is 4.92. The Morgan fingerprint density at radius 3 is 2.69 bits per heavy atom. The summed E-state index contributed by atoms with van der Waals surface area (Å²) in [6.45, 7) is 0.491. The summed E-state index contributed by atoms with van der Waals surface area (Å²) in [6, 6.07) is 12.7. The van der Waals surface area contributed by atoms with Crippen LogP contribution in [-0.4, -0.2) is 50.8 Å². The van der Waals surface area contributed by atoms with Crippen molar-refractivity contribution >= 4 is 46.1 Å². The first-order valence-electron chi connectivity index (χ1n) is 9.50. The molecule has 0 saturated heterocycles. The number of benzene rings is 2. The minimum absolute atomic E-state index is 0.122. The van der Waals surface area contributed by atoms with Gasteiger partial charge < -0.3 is 14.8 Å². The number of nitrogens with zero attached hydrogens (tertiary/aromatic N) is 5. The van der Waals surface area contributed by atoms with E-state index in [4.69, 9.17) is 21.1 Å². The van der Waals surface area contributed by atoms with Crippen LogP contribution in [0.3, 0.4) is 0 Å². The number of carbonyl (C=O) groups excluding carboxylic acids is 1. The highest BCUT2D eigenvalue weighted by Crippen LogP contribution is 2.29. The molecule has 2 aromatic heterocycles. The molecule has 0 spiro atoms. The number of hydrogen-bond acceptors (Lipinski definition) is 8. The van der Waals surface area contributed by atoms with Gasteiger partial charge in [-0.25, -0.2) is 14.6 Å². The van der Waals surface area contributed by atoms with Gasteiger partial charge in [-0.05, 0) is 29.8 Å². The Morgan fingerprint density at radius 1 is 1.12 bits per heavy atom. The molecule has 0 aliphatic carbocycles. The maximum absolute atomic E-state index is 12.5. The van der Waals surface area contributed by atoms with Crippen LogP contribution in [0.5, 0.6) is 11.5 Å². The van der Waals surface area contributed by atoms with Gasteiger partial charge in [0.05, 0.1) is 32.2 Å². The van der Waals surface area contributed by atoms with Crippen molar-refractivity contribution in [3.8, 4) is 11.5 Å². The van der Waals surface area contributed by atoms with E-state index >= 15 is 0 Å². The molecule has 1 N–H and O–H groups in total. The first-order valence-corrected chi connectivity index (χ1v) is 10.9. The third-order valence-corrected chi connectivity index (χ3v) is 5.76. The lowest BCUT2D eigenvalue weighted by Crippen LogP contribution is -2.15. The Balaban J connectivity index is 1.46. The summed E-state index contributed by atoms with van der Waals surface area (Å²) < 4.78 is 12.2. The number of nitrogens with one attached hydrogen (secondary N) is 1. The summed E-state index contributed by atoms with van der Waals surface area (Å²) >= 11 is 7.20. The molecule has 164 valence electrons. The smallest absolute Gasteiger partial charge is 0.234 e. The van der Waals surface area contributed by atoms with E-state index in [9.17, 15) is 4.79 Å². The molecule has 9 nitrogen and oxygen atoms in total. The highest BCUT2D eigenvalue weighted by Gasteiger charge is 2.15. The van der Waals surface area contributed by atoms with Gasteiger partial charge in [0.2, 0.25) is 5.91 Å². The molecular weight excluding hydrogens is 452 g/mol. The molecule has 0 saturated carbocycles. The van der Waals surface area contributed by atoms with Crippen LogP contribution in [0.1, 0.15) is 5.56 Å². The fourth-order valence-corrected chi connectivity index (χ4v) is 3.83. The van der Waals surface area contributed by atoms with E-state index in [1.165, 1.54) is 25.2 Å². The Hall–Kier alpha value is -3.37. The number of aromatic nitrogens is 5. The van der Waals surface area contributed by atoms with Crippen molar-refractivity contribution < 1.29 is 14.3 Å². The van der Waals surface area contributed by atoms with E-state index in [0.717, 1.165) is 5.56 Å². The number of rotatable bonds is 8. The fraction of sp³-hybridized carbons (Fsp3) is 0.190. The number of thioether (sulfide) groups is 1. The van der Waals surface area contributed by atoms with Crippen molar-refractivity contribution in [2.75, 3.05) is 25.3 Å². The Kier molecular flexibility index (Phi) is 6.72. The lowest BCUT2D eigenvalue weighted by Gasteiger charge is -2.11. The second-order valence-electron chi connectivity index (χ2n) is 6.63. The van der Waals surface area contributed by atoms with E-state index in [2.05, 4.69) is 25.6 Å². The fourth-order valence-electron chi connectivity index (χ4n) is 2.98. The molecule has 0 atom stereocenters. The lowest BCUT2D eigenvalue weighted by molar-refractivity contribution is -0.113. The zero-order valence-corrected chi connectivity index (χ0v) is 18.9. The number of carbonyl (C=O) groups is 1. The number of fused-ring (bicyclic) bond motifs is 1. The number of halogens is 1. The molecule has 2 aromatic carbocycles. The number of ether oxygens (including phenoxy) is 2. The maximum Gasteiger partial charge on any atom is 0.234 e. The van der Waals surface area contributed by atoms with Crippen LogP contribution in [0.25, 0.3) is 11.2 Å². The van der Waals surface area contributed by atoms with Crippen LogP contribution >= 0.6 is 23.4 Å². The molecule has 0 bridgehead atoms. The van der Waals surface area contributed by atoms with Gasteiger partial charge in [0.1, 0.15) is 22.9 Å². The van der Waals surface area contributed by atoms with Crippen LogP contribution in [0, 0.1) is 0 Å². The molecule has 0 radical (unpaired) electrons. The van der Waals surface area contributed by atoms with Gasteiger partial charge in [0, 0.05) is 11.1 Å². The molecule has 4 rings (SSSR count). The summed E-state index contributed by atoms with van der Waals surface area (Å²) in [5.74, 6) is 1.06. The second-order valence-corrected chi connectivity index (χ2v) is 8.03. The zero-order valence-electron chi connectivity index (χ0n) is 17.3. The van der Waals surface area contributed by atoms with Crippen LogP contribution in [-0.2, 0) is 11.3 Å². The van der Waals surface area contributed by atoms with Crippen molar-refractivity contribution in [3.63, 3.8) is 0 Å². The number of hydrogen-bond donors (Lipinski definition) is 1. The SMILES string of the molecule is COc1ccc(OC)c(NC(=O)CSc2ncnc3c2nnn3Cc2ccc(Cl)cc2)c1.